The van der Waals surface area contributed by atoms with Gasteiger partial charge in [0.05, 0.1) is 12.3 Å². The Morgan fingerprint density at radius 3 is 2.58 bits per heavy atom. The van der Waals surface area contributed by atoms with Gasteiger partial charge in [0, 0.05) is 50.2 Å². The smallest absolute Gasteiger partial charge is 0.243 e. The predicted octanol–water partition coefficient (Wildman–Crippen LogP) is 4.37. The number of furan rings is 1. The molecule has 1 aliphatic heterocycles. The lowest BCUT2D eigenvalue weighted by atomic mass is 10.1. The van der Waals surface area contributed by atoms with Gasteiger partial charge in [-0.15, -0.1) is 0 Å². The maximum absolute atomic E-state index is 12.7. The van der Waals surface area contributed by atoms with E-state index in [1.54, 1.807) is 11.9 Å². The molecule has 0 saturated carbocycles. The molecule has 0 atom stereocenters. The average Bonchev–Trinajstić information content (AvgIpc) is 3.43. The van der Waals surface area contributed by atoms with E-state index < -0.39 is 0 Å². The zero-order chi connectivity index (χ0) is 21.8. The third-order valence-electron chi connectivity index (χ3n) is 5.67. The lowest BCUT2D eigenvalue weighted by Gasteiger charge is -2.18. The van der Waals surface area contributed by atoms with E-state index in [9.17, 15) is 9.59 Å². The van der Waals surface area contributed by atoms with Crippen LogP contribution in [0.4, 0.5) is 0 Å². The molecule has 2 amide bonds. The Labute approximate surface area is 182 Å². The second kappa shape index (κ2) is 9.16. The van der Waals surface area contributed by atoms with Crippen LogP contribution in [0.5, 0.6) is 0 Å². The van der Waals surface area contributed by atoms with Crippen molar-refractivity contribution in [3.05, 3.63) is 71.5 Å². The van der Waals surface area contributed by atoms with Crippen LogP contribution in [0, 0.1) is 0 Å². The first kappa shape index (κ1) is 20.8. The van der Waals surface area contributed by atoms with E-state index in [1.807, 2.05) is 61.5 Å². The van der Waals surface area contributed by atoms with E-state index in [4.69, 9.17) is 4.42 Å². The summed E-state index contributed by atoms with van der Waals surface area (Å²) in [4.78, 5) is 26.9. The largest absolute Gasteiger partial charge is 0.461 e. The van der Waals surface area contributed by atoms with E-state index in [1.165, 1.54) is 5.01 Å². The fourth-order valence-electron chi connectivity index (χ4n) is 3.94. The maximum atomic E-state index is 12.7. The van der Waals surface area contributed by atoms with Crippen molar-refractivity contribution in [2.24, 2.45) is 5.10 Å². The normalized spacial score (nSPS) is 13.5. The molecule has 0 spiro atoms. The van der Waals surface area contributed by atoms with E-state index in [0.29, 0.717) is 13.1 Å². The summed E-state index contributed by atoms with van der Waals surface area (Å²) in [6.07, 6.45) is 1.82. The third kappa shape index (κ3) is 4.53. The summed E-state index contributed by atoms with van der Waals surface area (Å²) < 4.78 is 5.93. The summed E-state index contributed by atoms with van der Waals surface area (Å²) in [5.74, 6) is 0.722. The Balaban J connectivity index is 1.35. The molecule has 0 N–H and O–H groups in total. The fourth-order valence-corrected chi connectivity index (χ4v) is 3.94. The highest BCUT2D eigenvalue weighted by Crippen LogP contribution is 2.27. The predicted molar refractivity (Wildman–Crippen MR) is 121 cm³/mol. The number of aryl methyl sites for hydroxylation is 1. The molecule has 0 bridgehead atoms. The van der Waals surface area contributed by atoms with Gasteiger partial charge in [0.1, 0.15) is 11.3 Å². The molecule has 31 heavy (non-hydrogen) atoms. The Morgan fingerprint density at radius 1 is 1.06 bits per heavy atom. The SMILES string of the molecule is CCc1oc2ccccc2c1CN(C)C(=O)CCC(=O)N1CCC(c2ccccc2)=N1. The first-order chi connectivity index (χ1) is 15.1. The summed E-state index contributed by atoms with van der Waals surface area (Å²) in [6, 6.07) is 17.8. The van der Waals surface area contributed by atoms with Gasteiger partial charge in [-0.1, -0.05) is 55.5 Å². The molecule has 0 saturated heterocycles. The quantitative estimate of drug-likeness (QED) is 0.573. The van der Waals surface area contributed by atoms with Crippen LogP contribution >= 0.6 is 0 Å². The van der Waals surface area contributed by atoms with Crippen LogP contribution in [0.2, 0.25) is 0 Å². The zero-order valence-corrected chi connectivity index (χ0v) is 18.0. The van der Waals surface area contributed by atoms with E-state index in [2.05, 4.69) is 5.10 Å². The highest BCUT2D eigenvalue weighted by atomic mass is 16.3. The molecule has 0 unspecified atom stereocenters. The van der Waals surface area contributed by atoms with Gasteiger partial charge < -0.3 is 9.32 Å². The third-order valence-corrected chi connectivity index (χ3v) is 5.67. The minimum atomic E-state index is -0.115. The van der Waals surface area contributed by atoms with Gasteiger partial charge in [-0.2, -0.15) is 5.10 Å². The van der Waals surface area contributed by atoms with Gasteiger partial charge in [-0.05, 0) is 11.6 Å². The Bertz CT molecular complexity index is 1120. The number of fused-ring (bicyclic) bond motifs is 1. The van der Waals surface area contributed by atoms with Crippen LogP contribution in [0.3, 0.4) is 0 Å². The maximum Gasteiger partial charge on any atom is 0.243 e. The number of amides is 2. The number of nitrogens with zero attached hydrogens (tertiary/aromatic N) is 3. The van der Waals surface area contributed by atoms with Crippen LogP contribution in [0.1, 0.15) is 43.1 Å². The van der Waals surface area contributed by atoms with Crippen molar-refractivity contribution in [1.29, 1.82) is 0 Å². The molecule has 2 heterocycles. The zero-order valence-electron chi connectivity index (χ0n) is 18.0. The molecular weight excluding hydrogens is 390 g/mol. The molecule has 1 aliphatic rings. The van der Waals surface area contributed by atoms with Crippen LogP contribution in [0.25, 0.3) is 11.0 Å². The minimum absolute atomic E-state index is 0.0628. The van der Waals surface area contributed by atoms with Gasteiger partial charge in [0.2, 0.25) is 11.8 Å². The van der Waals surface area contributed by atoms with Gasteiger partial charge in [0.15, 0.2) is 0 Å². The van der Waals surface area contributed by atoms with Crippen molar-refractivity contribution in [1.82, 2.24) is 9.91 Å². The number of para-hydroxylation sites is 1. The first-order valence-corrected chi connectivity index (χ1v) is 10.7. The van der Waals surface area contributed by atoms with Crippen molar-refractivity contribution in [3.8, 4) is 0 Å². The molecule has 4 rings (SSSR count). The Morgan fingerprint density at radius 2 is 1.81 bits per heavy atom. The van der Waals surface area contributed by atoms with E-state index in [0.717, 1.165) is 46.4 Å². The average molecular weight is 418 g/mol. The minimum Gasteiger partial charge on any atom is -0.461 e. The van der Waals surface area contributed by atoms with Crippen LogP contribution in [-0.4, -0.2) is 41.0 Å². The molecule has 0 radical (unpaired) electrons. The van der Waals surface area contributed by atoms with E-state index >= 15 is 0 Å². The summed E-state index contributed by atoms with van der Waals surface area (Å²) >= 11 is 0. The number of hydrogen-bond donors (Lipinski definition) is 0. The number of hydrazone groups is 1. The Kier molecular flexibility index (Phi) is 6.16. The summed E-state index contributed by atoms with van der Waals surface area (Å²) in [5.41, 5.74) is 3.83. The molecule has 0 aliphatic carbocycles. The summed E-state index contributed by atoms with van der Waals surface area (Å²) in [6.45, 7) is 3.07. The molecule has 0 fully saturated rings. The van der Waals surface area contributed by atoms with Crippen molar-refractivity contribution >= 4 is 28.5 Å². The first-order valence-electron chi connectivity index (χ1n) is 10.7. The molecule has 3 aromatic rings. The molecular formula is C25H27N3O3. The van der Waals surface area contributed by atoms with Gasteiger partial charge in [0.25, 0.3) is 0 Å². The number of benzene rings is 2. The van der Waals surface area contributed by atoms with Crippen molar-refractivity contribution in [2.75, 3.05) is 13.6 Å². The molecule has 6 nitrogen and oxygen atoms in total. The topological polar surface area (TPSA) is 66.1 Å². The second-order valence-corrected chi connectivity index (χ2v) is 7.78. The summed E-state index contributed by atoms with van der Waals surface area (Å²) in [5, 5.41) is 6.99. The number of carbonyl (C=O) groups is 2. The molecule has 6 heteroatoms. The van der Waals surface area contributed by atoms with Gasteiger partial charge in [-0.25, -0.2) is 5.01 Å². The molecule has 2 aromatic carbocycles. The molecule has 1 aromatic heterocycles. The lowest BCUT2D eigenvalue weighted by Crippen LogP contribution is -2.29. The van der Waals surface area contributed by atoms with Crippen molar-refractivity contribution < 1.29 is 14.0 Å². The van der Waals surface area contributed by atoms with E-state index in [-0.39, 0.29) is 24.7 Å². The monoisotopic (exact) mass is 417 g/mol. The second-order valence-electron chi connectivity index (χ2n) is 7.78. The fraction of sp³-hybridized carbons (Fsp3) is 0.320. The van der Waals surface area contributed by atoms with Crippen molar-refractivity contribution in [3.63, 3.8) is 0 Å². The highest BCUT2D eigenvalue weighted by molar-refractivity contribution is 6.02. The van der Waals surface area contributed by atoms with Gasteiger partial charge in [-0.3, -0.25) is 9.59 Å². The number of rotatable bonds is 7. The highest BCUT2D eigenvalue weighted by Gasteiger charge is 2.23. The number of carbonyl (C=O) groups excluding carboxylic acids is 2. The Hall–Kier alpha value is -3.41. The molecule has 160 valence electrons. The van der Waals surface area contributed by atoms with Crippen LogP contribution in [0.15, 0.2) is 64.1 Å². The number of hydrogen-bond acceptors (Lipinski definition) is 4. The lowest BCUT2D eigenvalue weighted by molar-refractivity contribution is -0.136. The van der Waals surface area contributed by atoms with Crippen molar-refractivity contribution in [2.45, 2.75) is 39.2 Å². The standard InChI is InChI=1S/C25H27N3O3/c1-3-22-20(19-11-7-8-12-23(19)31-22)17-27(2)24(29)13-14-25(30)28-16-15-21(26-28)18-9-5-4-6-10-18/h4-12H,3,13-17H2,1-2H3. The summed E-state index contributed by atoms with van der Waals surface area (Å²) in [7, 11) is 1.77. The van der Waals surface area contributed by atoms with Crippen LogP contribution in [-0.2, 0) is 22.6 Å². The van der Waals surface area contributed by atoms with Gasteiger partial charge >= 0.3 is 0 Å². The van der Waals surface area contributed by atoms with Crippen LogP contribution < -0.4 is 0 Å².